The molecule has 1 amide bonds. The Kier molecular flexibility index (Phi) is 8.99. The zero-order valence-corrected chi connectivity index (χ0v) is 23.7. The second kappa shape index (κ2) is 11.9. The van der Waals surface area contributed by atoms with Crippen molar-refractivity contribution in [3.05, 3.63) is 58.4 Å². The van der Waals surface area contributed by atoms with Crippen LogP contribution in [0.4, 0.5) is 50.0 Å². The van der Waals surface area contributed by atoms with Crippen LogP contribution in [0.3, 0.4) is 0 Å². The molecule has 0 bridgehead atoms. The summed E-state index contributed by atoms with van der Waals surface area (Å²) < 4.78 is 127. The summed E-state index contributed by atoms with van der Waals surface area (Å²) >= 11 is 0. The van der Waals surface area contributed by atoms with E-state index in [0.717, 1.165) is 12.1 Å². The molecule has 1 fully saturated rings. The van der Waals surface area contributed by atoms with Crippen molar-refractivity contribution in [2.75, 3.05) is 11.9 Å². The van der Waals surface area contributed by atoms with Gasteiger partial charge in [-0.3, -0.25) is 15.3 Å². The highest BCUT2D eigenvalue weighted by Gasteiger charge is 2.42. The number of alkyl halides is 9. The molecule has 242 valence electrons. The van der Waals surface area contributed by atoms with Gasteiger partial charge in [0.2, 0.25) is 5.96 Å². The van der Waals surface area contributed by atoms with Crippen LogP contribution in [0.15, 0.2) is 35.3 Å². The van der Waals surface area contributed by atoms with E-state index in [1.807, 2.05) is 0 Å². The molecule has 0 unspecified atom stereocenters. The van der Waals surface area contributed by atoms with Crippen LogP contribution in [0.2, 0.25) is 0 Å². The van der Waals surface area contributed by atoms with Crippen molar-refractivity contribution in [2.24, 2.45) is 4.99 Å². The maximum atomic E-state index is 13.6. The maximum absolute atomic E-state index is 13.6. The number of carbonyl (C=O) groups excluding carboxylic acids is 1. The van der Waals surface area contributed by atoms with E-state index in [-0.39, 0.29) is 35.4 Å². The summed E-state index contributed by atoms with van der Waals surface area (Å²) in [6.45, 7) is 4.42. The number of halogens is 9. The first-order valence-corrected chi connectivity index (χ1v) is 13.3. The van der Waals surface area contributed by atoms with Gasteiger partial charge in [0.05, 0.1) is 41.2 Å². The highest BCUT2D eigenvalue weighted by molar-refractivity contribution is 5.90. The van der Waals surface area contributed by atoms with Crippen LogP contribution in [0.25, 0.3) is 0 Å². The zero-order chi connectivity index (χ0) is 32.8. The molecule has 44 heavy (non-hydrogen) atoms. The maximum Gasteiger partial charge on any atom is 0.433 e. The predicted octanol–water partition coefficient (Wildman–Crippen LogP) is 6.44. The summed E-state index contributed by atoms with van der Waals surface area (Å²) in [6, 6.07) is 1.25. The molecule has 3 heterocycles. The number of aromatic nitrogens is 1. The minimum absolute atomic E-state index is 0.00644. The van der Waals surface area contributed by atoms with Crippen LogP contribution in [0.5, 0.6) is 0 Å². The molecule has 0 saturated carbocycles. The quantitative estimate of drug-likeness (QED) is 0.364. The van der Waals surface area contributed by atoms with E-state index in [2.05, 4.69) is 20.9 Å². The van der Waals surface area contributed by atoms with Crippen molar-refractivity contribution < 1.29 is 49.0 Å². The average molecular weight is 642 g/mol. The Hall–Kier alpha value is -3.80. The number of fused-ring (bicyclic) bond motifs is 1. The van der Waals surface area contributed by atoms with Gasteiger partial charge in [-0.1, -0.05) is 6.92 Å². The third-order valence-electron chi connectivity index (χ3n) is 6.83. The van der Waals surface area contributed by atoms with Crippen molar-refractivity contribution in [3.8, 4) is 0 Å². The Morgan fingerprint density at radius 3 is 2.16 bits per heavy atom. The average Bonchev–Trinajstić information content (AvgIpc) is 3.24. The predicted molar refractivity (Wildman–Crippen MR) is 138 cm³/mol. The van der Waals surface area contributed by atoms with Gasteiger partial charge in [-0.15, -0.1) is 10.7 Å². The first kappa shape index (κ1) is 33.1. The van der Waals surface area contributed by atoms with Gasteiger partial charge >= 0.3 is 24.6 Å². The molecule has 0 spiro atoms. The number of guanidine groups is 1. The molecule has 18 heteroatoms. The number of hydrogen-bond acceptors (Lipinski definition) is 6. The lowest BCUT2D eigenvalue weighted by Gasteiger charge is -2.38. The van der Waals surface area contributed by atoms with Gasteiger partial charge in [0.15, 0.2) is 0 Å². The molecule has 2 aromatic rings. The molecule has 2 aliphatic rings. The summed E-state index contributed by atoms with van der Waals surface area (Å²) in [5, 5.41) is 2.36. The number of nitrogens with zero attached hydrogens (tertiary/aromatic N) is 5. The molecular weight excluding hydrogens is 613 g/mol. The summed E-state index contributed by atoms with van der Waals surface area (Å²) in [5.41, 5.74) is 0.416. The highest BCUT2D eigenvalue weighted by Crippen LogP contribution is 2.42. The largest absolute Gasteiger partial charge is 0.446 e. The minimum Gasteiger partial charge on any atom is -0.446 e. The fourth-order valence-corrected chi connectivity index (χ4v) is 4.82. The fourth-order valence-electron chi connectivity index (χ4n) is 4.82. The minimum atomic E-state index is -5.06. The van der Waals surface area contributed by atoms with Crippen molar-refractivity contribution in [1.29, 1.82) is 0 Å². The normalized spacial score (nSPS) is 20.7. The van der Waals surface area contributed by atoms with Crippen LogP contribution in [-0.4, -0.2) is 46.4 Å². The fraction of sp³-hybridized carbons (Fsp3) is 0.500. The summed E-state index contributed by atoms with van der Waals surface area (Å²) in [6.07, 6.45) is -16.0. The molecule has 0 aliphatic carbocycles. The van der Waals surface area contributed by atoms with Crippen LogP contribution in [0.1, 0.15) is 67.7 Å². The molecule has 4 rings (SSSR count). The zero-order valence-electron chi connectivity index (χ0n) is 23.7. The Morgan fingerprint density at radius 2 is 1.64 bits per heavy atom. The van der Waals surface area contributed by atoms with Crippen LogP contribution >= 0.6 is 0 Å². The number of anilines is 1. The molecule has 1 aromatic heterocycles. The van der Waals surface area contributed by atoms with E-state index >= 15 is 0 Å². The number of hydrogen-bond donors (Lipinski definition) is 2. The molecular formula is C26H28F9N7O2. The van der Waals surface area contributed by atoms with Gasteiger partial charge < -0.3 is 4.74 Å². The summed E-state index contributed by atoms with van der Waals surface area (Å²) in [4.78, 5) is 22.5. The van der Waals surface area contributed by atoms with Crippen molar-refractivity contribution in [3.63, 3.8) is 0 Å². The standard InChI is InChI=1S/C26H28F9N7O2/c1-5-17-11-18(21-19(42(17)23(43)44-13(2)3)6-7-20(37-21)26(33,34)35)36-22-38-39-40(4)41(22)12-14-8-15(24(27,28)29)10-16(9-14)25(30,31)32/h6-10,13,17-18,39H,5,11-12H2,1-4H3,(H,36,38)/t17-,18+/m0/s1. The van der Waals surface area contributed by atoms with Gasteiger partial charge in [0, 0.05) is 13.1 Å². The number of benzene rings is 1. The Morgan fingerprint density at radius 1 is 1.02 bits per heavy atom. The number of amides is 1. The Bertz CT molecular complexity index is 1380. The third-order valence-corrected chi connectivity index (χ3v) is 6.83. The van der Waals surface area contributed by atoms with E-state index < -0.39 is 66.2 Å². The first-order valence-electron chi connectivity index (χ1n) is 13.3. The number of hydrazine groups is 3. The van der Waals surface area contributed by atoms with Gasteiger partial charge in [-0.25, -0.2) is 14.8 Å². The molecule has 1 aromatic carbocycles. The number of ether oxygens (including phenoxy) is 1. The summed E-state index contributed by atoms with van der Waals surface area (Å²) in [7, 11) is 1.39. The van der Waals surface area contributed by atoms with E-state index in [4.69, 9.17) is 4.74 Å². The van der Waals surface area contributed by atoms with Gasteiger partial charge in [0.25, 0.3) is 0 Å². The van der Waals surface area contributed by atoms with Crippen molar-refractivity contribution in [1.82, 2.24) is 26.1 Å². The van der Waals surface area contributed by atoms with Gasteiger partial charge in [-0.2, -0.15) is 39.5 Å². The van der Waals surface area contributed by atoms with E-state index in [1.54, 1.807) is 20.8 Å². The second-order valence-corrected chi connectivity index (χ2v) is 10.4. The topological polar surface area (TPSA) is 85.3 Å². The monoisotopic (exact) mass is 641 g/mol. The lowest BCUT2D eigenvalue weighted by atomic mass is 9.93. The molecule has 2 N–H and O–H groups in total. The van der Waals surface area contributed by atoms with Crippen LogP contribution in [-0.2, 0) is 29.8 Å². The lowest BCUT2D eigenvalue weighted by Crippen LogP contribution is -2.46. The first-order chi connectivity index (χ1) is 20.3. The van der Waals surface area contributed by atoms with E-state index in [0.29, 0.717) is 18.6 Å². The molecule has 1 saturated heterocycles. The van der Waals surface area contributed by atoms with Gasteiger partial charge in [0.1, 0.15) is 5.69 Å². The highest BCUT2D eigenvalue weighted by atomic mass is 19.4. The van der Waals surface area contributed by atoms with Gasteiger partial charge in [-0.05, 0) is 62.6 Å². The second-order valence-electron chi connectivity index (χ2n) is 10.4. The van der Waals surface area contributed by atoms with Crippen molar-refractivity contribution >= 4 is 17.7 Å². The number of carbonyl (C=O) groups is 1. The number of pyridine rings is 1. The lowest BCUT2D eigenvalue weighted by molar-refractivity contribution is -0.143. The van der Waals surface area contributed by atoms with E-state index in [1.165, 1.54) is 22.1 Å². The number of rotatable bonds is 5. The third kappa shape index (κ3) is 7.11. The van der Waals surface area contributed by atoms with E-state index in [9.17, 15) is 44.3 Å². The van der Waals surface area contributed by atoms with Crippen LogP contribution < -0.4 is 15.9 Å². The molecule has 9 nitrogen and oxygen atoms in total. The number of nitrogens with one attached hydrogen (secondary N) is 2. The molecule has 2 atom stereocenters. The Balaban J connectivity index is 1.78. The number of aliphatic imine (C=N–C) groups is 1. The van der Waals surface area contributed by atoms with Crippen molar-refractivity contribution in [2.45, 2.75) is 76.9 Å². The molecule has 2 aliphatic heterocycles. The van der Waals surface area contributed by atoms with Crippen LogP contribution in [0, 0.1) is 0 Å². The Labute approximate surface area is 245 Å². The molecule has 0 radical (unpaired) electrons. The SMILES string of the molecule is CC[C@H]1C[C@@H](N=C2NNN(C)N2Cc2cc(C(F)(F)F)cc(C(F)(F)F)c2)c2nc(C(F)(F)F)ccc2N1C(=O)OC(C)C. The smallest absolute Gasteiger partial charge is 0.433 e. The summed E-state index contributed by atoms with van der Waals surface area (Å²) in [5.74, 6) is -0.123.